The van der Waals surface area contributed by atoms with Crippen LogP contribution in [0.3, 0.4) is 0 Å². The summed E-state index contributed by atoms with van der Waals surface area (Å²) in [5.74, 6) is 1.52. The van der Waals surface area contributed by atoms with E-state index in [1.165, 1.54) is 66.4 Å². The Morgan fingerprint density at radius 3 is 1.25 bits per heavy atom. The first-order chi connectivity index (χ1) is 25.7. The van der Waals surface area contributed by atoms with Gasteiger partial charge in [-0.1, -0.05) is 47.5 Å². The van der Waals surface area contributed by atoms with Crippen LogP contribution in [0.1, 0.15) is 33.4 Å². The van der Waals surface area contributed by atoms with E-state index in [-0.39, 0.29) is 0 Å². The zero-order valence-corrected chi connectivity index (χ0v) is 30.7. The minimum atomic E-state index is 0.759. The fourth-order valence-corrected chi connectivity index (χ4v) is 9.05. The number of pyridine rings is 2. The van der Waals surface area contributed by atoms with Gasteiger partial charge in [-0.15, -0.1) is 0 Å². The van der Waals surface area contributed by atoms with Gasteiger partial charge >= 0.3 is 0 Å². The zero-order valence-electron chi connectivity index (χ0n) is 30.7. The molecule has 0 atom stereocenters. The van der Waals surface area contributed by atoms with Crippen LogP contribution in [0.15, 0.2) is 122 Å². The molecular formula is C48H38N4O. The monoisotopic (exact) mass is 686 g/mol. The number of hydrogen-bond donors (Lipinski definition) is 0. The first-order valence-electron chi connectivity index (χ1n) is 18.2. The lowest BCUT2D eigenvalue weighted by Crippen LogP contribution is -1.95. The molecule has 0 radical (unpaired) electrons. The molecule has 0 saturated heterocycles. The normalized spacial score (nSPS) is 12.0. The van der Waals surface area contributed by atoms with E-state index in [4.69, 9.17) is 14.7 Å². The molecule has 0 fully saturated rings. The molecule has 0 aliphatic heterocycles. The van der Waals surface area contributed by atoms with Crippen LogP contribution >= 0.6 is 0 Å². The van der Waals surface area contributed by atoms with E-state index in [0.29, 0.717) is 0 Å². The lowest BCUT2D eigenvalue weighted by atomic mass is 9.92. The van der Waals surface area contributed by atoms with Crippen molar-refractivity contribution in [2.45, 2.75) is 41.5 Å². The minimum Gasteiger partial charge on any atom is -0.457 e. The summed E-state index contributed by atoms with van der Waals surface area (Å²) in [4.78, 5) is 9.60. The van der Waals surface area contributed by atoms with Gasteiger partial charge in [0.25, 0.3) is 0 Å². The lowest BCUT2D eigenvalue weighted by molar-refractivity contribution is 0.484. The van der Waals surface area contributed by atoms with Gasteiger partial charge in [-0.2, -0.15) is 0 Å². The third kappa shape index (κ3) is 4.84. The van der Waals surface area contributed by atoms with Crippen molar-refractivity contribution in [1.82, 2.24) is 18.8 Å². The highest BCUT2D eigenvalue weighted by Crippen LogP contribution is 2.39. The maximum atomic E-state index is 6.67. The molecule has 0 saturated carbocycles. The molecule has 0 aliphatic carbocycles. The Hall–Kier alpha value is -6.46. The summed E-state index contributed by atoms with van der Waals surface area (Å²) >= 11 is 0. The summed E-state index contributed by atoms with van der Waals surface area (Å²) in [5.41, 5.74) is 16.8. The quantitative estimate of drug-likeness (QED) is 0.173. The summed E-state index contributed by atoms with van der Waals surface area (Å²) in [6.07, 6.45) is 7.84. The van der Waals surface area contributed by atoms with Crippen molar-refractivity contribution >= 4 is 54.6 Å². The predicted octanol–water partition coefficient (Wildman–Crippen LogP) is 12.6. The summed E-state index contributed by atoms with van der Waals surface area (Å²) < 4.78 is 11.0. The van der Waals surface area contributed by atoms with E-state index in [2.05, 4.69) is 147 Å². The largest absolute Gasteiger partial charge is 0.457 e. The second-order valence-electron chi connectivity index (χ2n) is 14.8. The van der Waals surface area contributed by atoms with Crippen molar-refractivity contribution < 1.29 is 4.74 Å². The lowest BCUT2D eigenvalue weighted by Gasteiger charge is -2.16. The van der Waals surface area contributed by atoms with Crippen LogP contribution in [-0.4, -0.2) is 18.8 Å². The highest BCUT2D eigenvalue weighted by Gasteiger charge is 2.16. The average molecular weight is 687 g/mol. The molecule has 5 nitrogen and oxygen atoms in total. The molecule has 53 heavy (non-hydrogen) atoms. The molecule has 256 valence electrons. The number of nitrogens with zero attached hydrogens (tertiary/aromatic N) is 4. The number of aromatic nitrogens is 4. The van der Waals surface area contributed by atoms with E-state index in [1.807, 2.05) is 24.8 Å². The summed E-state index contributed by atoms with van der Waals surface area (Å²) in [5, 5.41) is 6.76. The van der Waals surface area contributed by atoms with Gasteiger partial charge in [-0.05, 0) is 157 Å². The van der Waals surface area contributed by atoms with Gasteiger partial charge in [0.15, 0.2) is 0 Å². The molecule has 4 aromatic heterocycles. The van der Waals surface area contributed by atoms with Crippen molar-refractivity contribution in [2.75, 3.05) is 0 Å². The molecule has 10 rings (SSSR count). The molecule has 0 amide bonds. The molecule has 5 heteroatoms. The fraction of sp³-hybridized carbons (Fsp3) is 0.125. The Morgan fingerprint density at radius 2 is 0.830 bits per heavy atom. The third-order valence-electron chi connectivity index (χ3n) is 11.0. The van der Waals surface area contributed by atoms with Crippen LogP contribution in [0.4, 0.5) is 0 Å². The van der Waals surface area contributed by atoms with E-state index in [9.17, 15) is 0 Å². The molecule has 0 aliphatic rings. The maximum absolute atomic E-state index is 6.67. The Balaban J connectivity index is 1.10. The van der Waals surface area contributed by atoms with Crippen LogP contribution in [0.25, 0.3) is 76.9 Å². The van der Waals surface area contributed by atoms with Gasteiger partial charge in [0.1, 0.15) is 22.8 Å². The van der Waals surface area contributed by atoms with Crippen LogP contribution in [-0.2, 0) is 0 Å². The van der Waals surface area contributed by atoms with Gasteiger partial charge < -0.3 is 4.74 Å². The highest BCUT2D eigenvalue weighted by atomic mass is 16.5. The molecule has 0 spiro atoms. The van der Waals surface area contributed by atoms with Gasteiger partial charge in [-0.25, -0.2) is 9.97 Å². The summed E-state index contributed by atoms with van der Waals surface area (Å²) in [6, 6.07) is 35.4. The Morgan fingerprint density at radius 1 is 0.415 bits per heavy atom. The van der Waals surface area contributed by atoms with Gasteiger partial charge in [0.05, 0.1) is 11.0 Å². The molecule has 0 bridgehead atoms. The number of aryl methyl sites for hydroxylation is 6. The maximum Gasteiger partial charge on any atom is 0.145 e. The van der Waals surface area contributed by atoms with Crippen LogP contribution < -0.4 is 4.74 Å². The van der Waals surface area contributed by atoms with Crippen molar-refractivity contribution in [3.05, 3.63) is 155 Å². The van der Waals surface area contributed by atoms with Crippen molar-refractivity contribution in [3.63, 3.8) is 0 Å². The molecule has 10 aromatic rings. The first kappa shape index (κ1) is 31.3. The van der Waals surface area contributed by atoms with Gasteiger partial charge in [0.2, 0.25) is 0 Å². The van der Waals surface area contributed by atoms with Crippen molar-refractivity contribution in [2.24, 2.45) is 0 Å². The molecule has 0 unspecified atom stereocenters. The number of ether oxygens (including phenoxy) is 1. The fourth-order valence-electron chi connectivity index (χ4n) is 9.05. The van der Waals surface area contributed by atoms with E-state index in [1.54, 1.807) is 0 Å². The summed E-state index contributed by atoms with van der Waals surface area (Å²) in [7, 11) is 0. The molecule has 4 heterocycles. The van der Waals surface area contributed by atoms with Crippen molar-refractivity contribution in [3.8, 4) is 33.8 Å². The SMILES string of the molecule is Cc1cc(C)c(-c2ccc3c(c2)c2ccc(Oc4ccc5c6cc(-c7c(C)cc(C)cc7C)ccc6n6ccnc6c5c4)cc2c2nccn32)c(C)c1. The molecule has 6 aromatic carbocycles. The van der Waals surface area contributed by atoms with Crippen LogP contribution in [0, 0.1) is 41.5 Å². The third-order valence-corrected chi connectivity index (χ3v) is 11.0. The molecular weight excluding hydrogens is 649 g/mol. The minimum absolute atomic E-state index is 0.759. The summed E-state index contributed by atoms with van der Waals surface area (Å²) in [6.45, 7) is 13.1. The standard InChI is InChI=1S/C48H38N4O/c1-27-19-29(3)45(30(4)20-27)33-7-13-43-39(23-33)37-11-9-35(25-41(37)47-49-15-17-51(43)47)53-36-10-12-38-40-24-34(46-31(5)21-28(2)22-32(46)6)8-14-44(40)52-18-16-50-48(52)42(38)26-36/h7-26H,1-6H3. The van der Waals surface area contributed by atoms with Gasteiger partial charge in [0, 0.05) is 46.3 Å². The smallest absolute Gasteiger partial charge is 0.145 e. The van der Waals surface area contributed by atoms with Crippen LogP contribution in [0.2, 0.25) is 0 Å². The van der Waals surface area contributed by atoms with E-state index in [0.717, 1.165) is 55.4 Å². The Kier molecular flexibility index (Phi) is 6.80. The first-order valence-corrected chi connectivity index (χ1v) is 18.2. The second kappa shape index (κ2) is 11.5. The number of rotatable bonds is 4. The average Bonchev–Trinajstić information content (AvgIpc) is 3.82. The molecule has 0 N–H and O–H groups in total. The topological polar surface area (TPSA) is 43.8 Å². The van der Waals surface area contributed by atoms with Crippen molar-refractivity contribution in [1.29, 1.82) is 0 Å². The number of imidazole rings is 2. The van der Waals surface area contributed by atoms with Crippen LogP contribution in [0.5, 0.6) is 11.5 Å². The second-order valence-corrected chi connectivity index (χ2v) is 14.8. The van der Waals surface area contributed by atoms with E-state index < -0.39 is 0 Å². The van der Waals surface area contributed by atoms with E-state index >= 15 is 0 Å². The number of benzene rings is 6. The predicted molar refractivity (Wildman–Crippen MR) is 220 cm³/mol. The Bertz CT molecular complexity index is 2900. The number of fused-ring (bicyclic) bond motifs is 12. The Labute approximate surface area is 307 Å². The highest BCUT2D eigenvalue weighted by molar-refractivity contribution is 6.14. The number of hydrogen-bond acceptors (Lipinski definition) is 3. The van der Waals surface area contributed by atoms with Gasteiger partial charge in [-0.3, -0.25) is 8.80 Å². The zero-order chi connectivity index (χ0) is 36.1.